The van der Waals surface area contributed by atoms with Crippen LogP contribution in [0.1, 0.15) is 24.0 Å². The summed E-state index contributed by atoms with van der Waals surface area (Å²) < 4.78 is 11.5. The molecule has 1 amide bonds. The molecule has 6 heteroatoms. The van der Waals surface area contributed by atoms with Crippen LogP contribution in [0.3, 0.4) is 0 Å². The normalized spacial score (nSPS) is 23.8. The monoisotopic (exact) mass is 373 g/mol. The molecule has 148 valence electrons. The van der Waals surface area contributed by atoms with Crippen molar-refractivity contribution in [2.24, 2.45) is 0 Å². The van der Waals surface area contributed by atoms with Gasteiger partial charge in [0.25, 0.3) is 0 Å². The summed E-state index contributed by atoms with van der Waals surface area (Å²) in [6, 6.07) is 8.73. The van der Waals surface area contributed by atoms with Gasteiger partial charge in [0.15, 0.2) is 5.79 Å². The van der Waals surface area contributed by atoms with Gasteiger partial charge in [-0.15, -0.1) is 0 Å². The van der Waals surface area contributed by atoms with Gasteiger partial charge in [0.2, 0.25) is 5.91 Å². The minimum Gasteiger partial charge on any atom is -0.347 e. The lowest BCUT2D eigenvalue weighted by Crippen LogP contribution is -2.52. The second-order valence-electron chi connectivity index (χ2n) is 8.03. The Hall–Kier alpha value is -1.47. The summed E-state index contributed by atoms with van der Waals surface area (Å²) in [5.41, 5.74) is 2.69. The van der Waals surface area contributed by atoms with Crippen molar-refractivity contribution in [2.75, 3.05) is 59.0 Å². The Kier molecular flexibility index (Phi) is 5.78. The fourth-order valence-electron chi connectivity index (χ4n) is 4.35. The summed E-state index contributed by atoms with van der Waals surface area (Å²) in [7, 11) is 0. The molecule has 3 heterocycles. The smallest absolute Gasteiger partial charge is 0.236 e. The van der Waals surface area contributed by atoms with Gasteiger partial charge < -0.3 is 14.4 Å². The number of hydrogen-bond donors (Lipinski definition) is 0. The number of ether oxygens (including phenoxy) is 2. The molecule has 3 saturated heterocycles. The van der Waals surface area contributed by atoms with Gasteiger partial charge in [0, 0.05) is 58.7 Å². The van der Waals surface area contributed by atoms with E-state index in [-0.39, 0.29) is 5.91 Å². The maximum atomic E-state index is 12.7. The highest BCUT2D eigenvalue weighted by Crippen LogP contribution is 2.31. The van der Waals surface area contributed by atoms with Crippen molar-refractivity contribution >= 4 is 5.91 Å². The number of rotatable bonds is 4. The van der Waals surface area contributed by atoms with E-state index in [9.17, 15) is 4.79 Å². The number of carbonyl (C=O) groups excluding carboxylic acids is 1. The first-order chi connectivity index (χ1) is 13.1. The van der Waals surface area contributed by atoms with Crippen LogP contribution in [0.4, 0.5) is 0 Å². The topological polar surface area (TPSA) is 45.2 Å². The molecule has 0 atom stereocenters. The summed E-state index contributed by atoms with van der Waals surface area (Å²) >= 11 is 0. The zero-order valence-corrected chi connectivity index (χ0v) is 16.4. The molecule has 0 aliphatic carbocycles. The van der Waals surface area contributed by atoms with Gasteiger partial charge >= 0.3 is 0 Å². The number of piperidine rings is 1. The van der Waals surface area contributed by atoms with E-state index in [1.807, 2.05) is 4.90 Å². The van der Waals surface area contributed by atoms with Gasteiger partial charge in [0.05, 0.1) is 19.8 Å². The van der Waals surface area contributed by atoms with Crippen molar-refractivity contribution in [3.63, 3.8) is 0 Å². The molecule has 27 heavy (non-hydrogen) atoms. The highest BCUT2D eigenvalue weighted by molar-refractivity contribution is 5.78. The number of piperazine rings is 1. The first-order valence-electron chi connectivity index (χ1n) is 10.2. The average Bonchev–Trinajstić information content (AvgIpc) is 3.12. The van der Waals surface area contributed by atoms with Crippen LogP contribution in [0.25, 0.3) is 0 Å². The molecule has 3 fully saturated rings. The molecule has 0 bridgehead atoms. The Balaban J connectivity index is 1.19. The van der Waals surface area contributed by atoms with Crippen LogP contribution in [0.15, 0.2) is 24.3 Å². The highest BCUT2D eigenvalue weighted by Gasteiger charge is 2.40. The third kappa shape index (κ3) is 4.69. The van der Waals surface area contributed by atoms with Crippen LogP contribution in [0.5, 0.6) is 0 Å². The van der Waals surface area contributed by atoms with Gasteiger partial charge in [0.1, 0.15) is 0 Å². The zero-order chi connectivity index (χ0) is 18.7. The lowest BCUT2D eigenvalue weighted by molar-refractivity contribution is -0.187. The lowest BCUT2D eigenvalue weighted by Gasteiger charge is -2.39. The molecule has 1 aromatic carbocycles. The summed E-state index contributed by atoms with van der Waals surface area (Å²) in [4.78, 5) is 19.4. The SMILES string of the molecule is Cc1cccc(CN2CCN(CC(=O)N3CCC4(CC3)OCCO4)CC2)c1. The molecule has 0 radical (unpaired) electrons. The van der Waals surface area contributed by atoms with Gasteiger partial charge in [-0.2, -0.15) is 0 Å². The first-order valence-corrected chi connectivity index (χ1v) is 10.2. The van der Waals surface area contributed by atoms with Crippen molar-refractivity contribution < 1.29 is 14.3 Å². The maximum Gasteiger partial charge on any atom is 0.236 e. The van der Waals surface area contributed by atoms with E-state index < -0.39 is 5.79 Å². The first kappa shape index (κ1) is 18.9. The average molecular weight is 373 g/mol. The van der Waals surface area contributed by atoms with Crippen molar-refractivity contribution in [2.45, 2.75) is 32.1 Å². The molecule has 6 nitrogen and oxygen atoms in total. The predicted molar refractivity (Wildman–Crippen MR) is 103 cm³/mol. The molecule has 3 aliphatic heterocycles. The van der Waals surface area contributed by atoms with Gasteiger partial charge in [-0.1, -0.05) is 29.8 Å². The summed E-state index contributed by atoms with van der Waals surface area (Å²) in [5, 5.41) is 0. The predicted octanol–water partition coefficient (Wildman–Crippen LogP) is 1.48. The van der Waals surface area contributed by atoms with Crippen molar-refractivity contribution in [1.82, 2.24) is 14.7 Å². The fraction of sp³-hybridized carbons (Fsp3) is 0.667. The highest BCUT2D eigenvalue weighted by atomic mass is 16.7. The number of likely N-dealkylation sites (tertiary alicyclic amines) is 1. The lowest BCUT2D eigenvalue weighted by atomic mass is 10.0. The van der Waals surface area contributed by atoms with Gasteiger partial charge in [-0.25, -0.2) is 0 Å². The largest absolute Gasteiger partial charge is 0.347 e. The van der Waals surface area contributed by atoms with E-state index in [1.165, 1.54) is 11.1 Å². The minimum atomic E-state index is -0.405. The molecule has 0 aromatic heterocycles. The standard InChI is InChI=1S/C21H31N3O3/c1-18-3-2-4-19(15-18)16-22-9-11-23(12-10-22)17-20(25)24-7-5-21(6-8-24)26-13-14-27-21/h2-4,15H,5-14,16-17H2,1H3. The molecule has 0 saturated carbocycles. The number of benzene rings is 1. The van der Waals surface area contributed by atoms with Crippen LogP contribution in [0.2, 0.25) is 0 Å². The number of carbonyl (C=O) groups is 1. The molecule has 0 unspecified atom stereocenters. The van der Waals surface area contributed by atoms with Crippen LogP contribution >= 0.6 is 0 Å². The van der Waals surface area contributed by atoms with Crippen LogP contribution < -0.4 is 0 Å². The number of nitrogens with zero attached hydrogens (tertiary/aromatic N) is 3. The summed E-state index contributed by atoms with van der Waals surface area (Å²) in [5.74, 6) is -0.159. The van der Waals surface area contributed by atoms with E-state index in [4.69, 9.17) is 9.47 Å². The second kappa shape index (κ2) is 8.27. The Labute approximate surface area is 162 Å². The Morgan fingerprint density at radius 2 is 1.67 bits per heavy atom. The minimum absolute atomic E-state index is 0.245. The quantitative estimate of drug-likeness (QED) is 0.800. The summed E-state index contributed by atoms with van der Waals surface area (Å²) in [6.45, 7) is 10.5. The van der Waals surface area contributed by atoms with Crippen molar-refractivity contribution in [3.8, 4) is 0 Å². The molecule has 1 aromatic rings. The van der Waals surface area contributed by atoms with Crippen molar-refractivity contribution in [1.29, 1.82) is 0 Å². The van der Waals surface area contributed by atoms with Crippen molar-refractivity contribution in [3.05, 3.63) is 35.4 Å². The van der Waals surface area contributed by atoms with E-state index in [1.54, 1.807) is 0 Å². The number of amides is 1. The van der Waals surface area contributed by atoms with E-state index >= 15 is 0 Å². The van der Waals surface area contributed by atoms with Gasteiger partial charge in [-0.3, -0.25) is 14.6 Å². The molecular formula is C21H31N3O3. The van der Waals surface area contributed by atoms with E-state index in [0.29, 0.717) is 19.8 Å². The number of aryl methyl sites for hydroxylation is 1. The molecule has 0 N–H and O–H groups in total. The van der Waals surface area contributed by atoms with E-state index in [0.717, 1.165) is 58.7 Å². The molecule has 1 spiro atoms. The molecular weight excluding hydrogens is 342 g/mol. The van der Waals surface area contributed by atoms with E-state index in [2.05, 4.69) is 41.0 Å². The second-order valence-corrected chi connectivity index (χ2v) is 8.03. The van der Waals surface area contributed by atoms with Gasteiger partial charge in [-0.05, 0) is 12.5 Å². The molecule has 3 aliphatic rings. The Morgan fingerprint density at radius 3 is 2.33 bits per heavy atom. The summed E-state index contributed by atoms with van der Waals surface area (Å²) in [6.07, 6.45) is 1.59. The number of hydrogen-bond acceptors (Lipinski definition) is 5. The zero-order valence-electron chi connectivity index (χ0n) is 16.4. The van der Waals surface area contributed by atoms with Crippen LogP contribution in [-0.2, 0) is 20.8 Å². The maximum absolute atomic E-state index is 12.7. The fourth-order valence-corrected chi connectivity index (χ4v) is 4.35. The Bertz CT molecular complexity index is 642. The van der Waals surface area contributed by atoms with Crippen LogP contribution in [-0.4, -0.2) is 85.4 Å². The third-order valence-electron chi connectivity index (χ3n) is 6.00. The Morgan fingerprint density at radius 1 is 1.00 bits per heavy atom. The third-order valence-corrected chi connectivity index (χ3v) is 6.00. The van der Waals surface area contributed by atoms with Crippen LogP contribution in [0, 0.1) is 6.92 Å². The molecule has 4 rings (SSSR count).